The summed E-state index contributed by atoms with van der Waals surface area (Å²) in [4.78, 5) is 0. The lowest BCUT2D eigenvalue weighted by Gasteiger charge is -2.20. The Morgan fingerprint density at radius 1 is 1.16 bits per heavy atom. The molecule has 0 bridgehead atoms. The molecule has 0 atom stereocenters. The lowest BCUT2D eigenvalue weighted by molar-refractivity contribution is 0.236. The summed E-state index contributed by atoms with van der Waals surface area (Å²) in [6, 6.07) is 2.86. The quantitative estimate of drug-likeness (QED) is 0.889. The van der Waals surface area contributed by atoms with Gasteiger partial charge in [-0.25, -0.2) is 13.1 Å². The number of furan rings is 1. The molecule has 5 nitrogen and oxygen atoms in total. The van der Waals surface area contributed by atoms with E-state index in [1.165, 1.54) is 31.4 Å². The van der Waals surface area contributed by atoms with Crippen molar-refractivity contribution in [2.24, 2.45) is 0 Å². The Hall–Kier alpha value is -0.850. The average Bonchev–Trinajstić information content (AvgIpc) is 2.82. The molecule has 1 fully saturated rings. The van der Waals surface area contributed by atoms with Crippen LogP contribution in [0.5, 0.6) is 0 Å². The van der Waals surface area contributed by atoms with Crippen molar-refractivity contribution in [2.45, 2.75) is 62.7 Å². The van der Waals surface area contributed by atoms with Gasteiger partial charge in [0.2, 0.25) is 5.09 Å². The first-order chi connectivity index (χ1) is 9.12. The summed E-state index contributed by atoms with van der Waals surface area (Å²) in [7, 11) is -3.61. The summed E-state index contributed by atoms with van der Waals surface area (Å²) in [5, 5.41) is 8.79. The minimum atomic E-state index is -3.61. The molecule has 0 amide bonds. The van der Waals surface area contributed by atoms with Crippen molar-refractivity contribution in [3.63, 3.8) is 0 Å². The van der Waals surface area contributed by atoms with Crippen LogP contribution in [-0.2, 0) is 16.6 Å². The Bertz CT molecular complexity index is 486. The van der Waals surface area contributed by atoms with E-state index in [9.17, 15) is 8.42 Å². The number of aliphatic hydroxyl groups excluding tert-OH is 1. The molecule has 1 aliphatic carbocycles. The molecule has 0 saturated heterocycles. The third-order valence-corrected chi connectivity index (χ3v) is 4.88. The van der Waals surface area contributed by atoms with E-state index >= 15 is 0 Å². The topological polar surface area (TPSA) is 79.5 Å². The van der Waals surface area contributed by atoms with Gasteiger partial charge in [-0.05, 0) is 25.0 Å². The van der Waals surface area contributed by atoms with Gasteiger partial charge in [0.1, 0.15) is 12.4 Å². The van der Waals surface area contributed by atoms with Crippen LogP contribution in [0.2, 0.25) is 0 Å². The molecule has 6 heteroatoms. The van der Waals surface area contributed by atoms with Gasteiger partial charge in [-0.1, -0.05) is 32.1 Å². The average molecular weight is 287 g/mol. The highest BCUT2D eigenvalue weighted by molar-refractivity contribution is 7.89. The summed E-state index contributed by atoms with van der Waals surface area (Å²) in [6.45, 7) is -0.293. The number of hydrogen-bond donors (Lipinski definition) is 2. The van der Waals surface area contributed by atoms with Crippen molar-refractivity contribution in [2.75, 3.05) is 0 Å². The molecule has 1 heterocycles. The number of aliphatic hydroxyl groups is 1. The molecule has 2 rings (SSSR count). The summed E-state index contributed by atoms with van der Waals surface area (Å²) in [5.74, 6) is 0.262. The molecule has 1 aromatic rings. The van der Waals surface area contributed by atoms with Gasteiger partial charge in [0.05, 0.1) is 0 Å². The van der Waals surface area contributed by atoms with E-state index in [0.29, 0.717) is 0 Å². The molecule has 108 valence electrons. The fourth-order valence-corrected chi connectivity index (χ4v) is 3.69. The van der Waals surface area contributed by atoms with Crippen LogP contribution in [0.3, 0.4) is 0 Å². The van der Waals surface area contributed by atoms with Gasteiger partial charge in [-0.2, -0.15) is 0 Å². The Labute approximate surface area is 114 Å². The van der Waals surface area contributed by atoms with E-state index in [4.69, 9.17) is 9.52 Å². The minimum Gasteiger partial charge on any atom is -0.446 e. The molecule has 0 aromatic carbocycles. The van der Waals surface area contributed by atoms with Crippen molar-refractivity contribution >= 4 is 10.0 Å². The summed E-state index contributed by atoms with van der Waals surface area (Å²) >= 11 is 0. The molecule has 1 aliphatic rings. The van der Waals surface area contributed by atoms with E-state index < -0.39 is 10.0 Å². The van der Waals surface area contributed by atoms with Crippen LogP contribution in [0.1, 0.15) is 50.7 Å². The maximum Gasteiger partial charge on any atom is 0.274 e. The van der Waals surface area contributed by atoms with Gasteiger partial charge in [0, 0.05) is 6.04 Å². The first kappa shape index (κ1) is 14.6. The number of hydrogen-bond acceptors (Lipinski definition) is 4. The molecule has 0 radical (unpaired) electrons. The Kier molecular flexibility index (Phi) is 5.01. The van der Waals surface area contributed by atoms with Crippen LogP contribution in [0, 0.1) is 0 Å². The highest BCUT2D eigenvalue weighted by Crippen LogP contribution is 2.20. The standard InChI is InChI=1S/C13H21NO4S/c15-10-12-8-9-13(18-12)19(16,17)14-11-6-4-2-1-3-5-7-11/h8-9,11,14-15H,1-7,10H2. The normalized spacial score (nSPS) is 19.0. The molecule has 2 N–H and O–H groups in total. The molecular weight excluding hydrogens is 266 g/mol. The van der Waals surface area contributed by atoms with Gasteiger partial charge in [-0.15, -0.1) is 0 Å². The molecule has 1 saturated carbocycles. The van der Waals surface area contributed by atoms with Gasteiger partial charge < -0.3 is 9.52 Å². The predicted molar refractivity (Wildman–Crippen MR) is 71.1 cm³/mol. The Morgan fingerprint density at radius 2 is 1.79 bits per heavy atom. The van der Waals surface area contributed by atoms with Crippen LogP contribution in [0.25, 0.3) is 0 Å². The van der Waals surface area contributed by atoms with Crippen molar-refractivity contribution < 1.29 is 17.9 Å². The minimum absolute atomic E-state index is 0.00650. The zero-order valence-electron chi connectivity index (χ0n) is 11.0. The van der Waals surface area contributed by atoms with E-state index in [1.807, 2.05) is 0 Å². The smallest absolute Gasteiger partial charge is 0.274 e. The lowest BCUT2D eigenvalue weighted by atomic mass is 9.97. The summed E-state index contributed by atoms with van der Waals surface area (Å²) in [5.41, 5.74) is 0. The zero-order valence-corrected chi connectivity index (χ0v) is 11.8. The van der Waals surface area contributed by atoms with Crippen molar-refractivity contribution in [1.82, 2.24) is 4.72 Å². The SMILES string of the molecule is O=S(=O)(NC1CCCCCCC1)c1ccc(CO)o1. The summed E-state index contributed by atoms with van der Waals surface area (Å²) in [6.07, 6.45) is 7.48. The first-order valence-corrected chi connectivity index (χ1v) is 8.32. The largest absolute Gasteiger partial charge is 0.446 e. The maximum absolute atomic E-state index is 12.1. The number of rotatable bonds is 4. The van der Waals surface area contributed by atoms with Crippen molar-refractivity contribution in [3.05, 3.63) is 17.9 Å². The van der Waals surface area contributed by atoms with Gasteiger partial charge in [0.25, 0.3) is 10.0 Å². The van der Waals surface area contributed by atoms with E-state index in [2.05, 4.69) is 4.72 Å². The summed E-state index contributed by atoms with van der Waals surface area (Å²) < 4.78 is 32.1. The zero-order chi connectivity index (χ0) is 13.7. The highest BCUT2D eigenvalue weighted by Gasteiger charge is 2.23. The van der Waals surface area contributed by atoms with Crippen LogP contribution in [0.4, 0.5) is 0 Å². The second kappa shape index (κ2) is 6.54. The van der Waals surface area contributed by atoms with E-state index in [1.54, 1.807) is 0 Å². The predicted octanol–water partition coefficient (Wildman–Crippen LogP) is 2.16. The number of nitrogens with one attached hydrogen (secondary N) is 1. The van der Waals surface area contributed by atoms with Gasteiger partial charge in [-0.3, -0.25) is 0 Å². The van der Waals surface area contributed by atoms with Crippen LogP contribution in [0.15, 0.2) is 21.6 Å². The molecule has 0 aliphatic heterocycles. The van der Waals surface area contributed by atoms with E-state index in [0.717, 1.165) is 25.7 Å². The molecule has 1 aromatic heterocycles. The maximum atomic E-state index is 12.1. The Morgan fingerprint density at radius 3 is 2.37 bits per heavy atom. The van der Waals surface area contributed by atoms with Crippen LogP contribution >= 0.6 is 0 Å². The van der Waals surface area contributed by atoms with Gasteiger partial charge in [0.15, 0.2) is 0 Å². The molecule has 0 unspecified atom stereocenters. The van der Waals surface area contributed by atoms with Gasteiger partial charge >= 0.3 is 0 Å². The first-order valence-electron chi connectivity index (χ1n) is 6.84. The fraction of sp³-hybridized carbons (Fsp3) is 0.692. The second-order valence-electron chi connectivity index (χ2n) is 5.04. The molecule has 19 heavy (non-hydrogen) atoms. The van der Waals surface area contributed by atoms with Crippen LogP contribution in [-0.4, -0.2) is 19.6 Å². The fourth-order valence-electron chi connectivity index (χ4n) is 2.44. The van der Waals surface area contributed by atoms with Crippen LogP contribution < -0.4 is 4.72 Å². The van der Waals surface area contributed by atoms with E-state index in [-0.39, 0.29) is 23.5 Å². The Balaban J connectivity index is 2.02. The molecular formula is C13H21NO4S. The third kappa shape index (κ3) is 4.06. The third-order valence-electron chi connectivity index (χ3n) is 3.48. The van der Waals surface area contributed by atoms with Crippen molar-refractivity contribution in [1.29, 1.82) is 0 Å². The van der Waals surface area contributed by atoms with Crippen molar-refractivity contribution in [3.8, 4) is 0 Å². The lowest BCUT2D eigenvalue weighted by Crippen LogP contribution is -2.35. The monoisotopic (exact) mass is 287 g/mol. The molecule has 0 spiro atoms. The second-order valence-corrected chi connectivity index (χ2v) is 6.69. The number of sulfonamides is 1. The highest BCUT2D eigenvalue weighted by atomic mass is 32.2.